The summed E-state index contributed by atoms with van der Waals surface area (Å²) >= 11 is 0. The van der Waals surface area contributed by atoms with Crippen molar-refractivity contribution in [2.24, 2.45) is 0 Å². The minimum Gasteiger partial charge on any atom is -0.469 e. The van der Waals surface area contributed by atoms with Crippen molar-refractivity contribution in [3.63, 3.8) is 0 Å². The van der Waals surface area contributed by atoms with Gasteiger partial charge in [0.25, 0.3) is 5.91 Å². The second-order valence-corrected chi connectivity index (χ2v) is 8.77. The molecule has 5 rings (SSSR count). The van der Waals surface area contributed by atoms with Crippen LogP contribution in [0.3, 0.4) is 0 Å². The molecular weight excluding hydrogens is 457 g/mol. The number of alkyl halides is 3. The van der Waals surface area contributed by atoms with Crippen LogP contribution in [0.4, 0.5) is 19.0 Å². The van der Waals surface area contributed by atoms with Gasteiger partial charge in [0.1, 0.15) is 11.6 Å². The van der Waals surface area contributed by atoms with Crippen molar-refractivity contribution in [1.29, 1.82) is 0 Å². The number of fused-ring (bicyclic) bond motifs is 2. The molecule has 0 radical (unpaired) electrons. The predicted octanol–water partition coefficient (Wildman–Crippen LogP) is 5.85. The number of benzene rings is 1. The lowest BCUT2D eigenvalue weighted by Gasteiger charge is -2.34. The van der Waals surface area contributed by atoms with Crippen molar-refractivity contribution >= 4 is 22.6 Å². The standard InChI is InChI=1S/C26H23F3N4O2/c1-15-11-17-12-16(5-8-21(17)32-24(15)30)25(34)33(22-3-2-4-23-20(22)9-10-35-23)14-19-7-6-18(13-31-19)26(27,28)29/h5-13,22H,2-4,14H2,1H3,(H2,30,32)/t22-/m0/s1. The Morgan fingerprint density at radius 1 is 1.20 bits per heavy atom. The van der Waals surface area contributed by atoms with Gasteiger partial charge in [-0.25, -0.2) is 4.98 Å². The number of anilines is 1. The van der Waals surface area contributed by atoms with E-state index >= 15 is 0 Å². The highest BCUT2D eigenvalue weighted by molar-refractivity contribution is 5.98. The first-order valence-electron chi connectivity index (χ1n) is 11.3. The largest absolute Gasteiger partial charge is 0.469 e. The molecule has 0 unspecified atom stereocenters. The fourth-order valence-corrected chi connectivity index (χ4v) is 4.57. The highest BCUT2D eigenvalue weighted by Crippen LogP contribution is 2.37. The van der Waals surface area contributed by atoms with Crippen LogP contribution in [-0.2, 0) is 19.1 Å². The predicted molar refractivity (Wildman–Crippen MR) is 124 cm³/mol. The number of halogens is 3. The number of aromatic nitrogens is 2. The maximum atomic E-state index is 13.8. The number of nitrogen functional groups attached to an aromatic ring is 1. The molecule has 2 N–H and O–H groups in total. The molecule has 1 aliphatic carbocycles. The van der Waals surface area contributed by atoms with Crippen LogP contribution >= 0.6 is 0 Å². The molecule has 1 amide bonds. The number of nitrogens with two attached hydrogens (primary N) is 1. The summed E-state index contributed by atoms with van der Waals surface area (Å²) < 4.78 is 44.6. The van der Waals surface area contributed by atoms with Gasteiger partial charge in [0.05, 0.1) is 35.6 Å². The molecule has 0 saturated heterocycles. The topological polar surface area (TPSA) is 85.2 Å². The Bertz CT molecular complexity index is 1400. The maximum absolute atomic E-state index is 13.8. The molecule has 4 aromatic rings. The van der Waals surface area contributed by atoms with E-state index in [-0.39, 0.29) is 18.5 Å². The van der Waals surface area contributed by atoms with Gasteiger partial charge in [-0.2, -0.15) is 13.2 Å². The summed E-state index contributed by atoms with van der Waals surface area (Å²) in [6.07, 6.45) is 0.256. The van der Waals surface area contributed by atoms with Crippen molar-refractivity contribution in [3.05, 3.63) is 88.6 Å². The van der Waals surface area contributed by atoms with Crippen molar-refractivity contribution < 1.29 is 22.4 Å². The van der Waals surface area contributed by atoms with Gasteiger partial charge >= 0.3 is 6.18 Å². The summed E-state index contributed by atoms with van der Waals surface area (Å²) in [7, 11) is 0. The smallest absolute Gasteiger partial charge is 0.417 e. The van der Waals surface area contributed by atoms with E-state index in [1.807, 2.05) is 19.1 Å². The third kappa shape index (κ3) is 4.45. The molecule has 0 spiro atoms. The van der Waals surface area contributed by atoms with Crippen LogP contribution < -0.4 is 5.73 Å². The summed E-state index contributed by atoms with van der Waals surface area (Å²) in [4.78, 5) is 23.9. The number of hydrogen-bond acceptors (Lipinski definition) is 5. The number of furan rings is 1. The van der Waals surface area contributed by atoms with E-state index in [0.717, 1.165) is 47.4 Å². The van der Waals surface area contributed by atoms with Gasteiger partial charge in [-0.1, -0.05) is 0 Å². The first kappa shape index (κ1) is 22.9. The molecule has 3 heterocycles. The summed E-state index contributed by atoms with van der Waals surface area (Å²) in [6, 6.07) is 11.0. The van der Waals surface area contributed by atoms with Crippen LogP contribution in [0.25, 0.3) is 10.9 Å². The van der Waals surface area contributed by atoms with Crippen LogP contribution in [-0.4, -0.2) is 20.8 Å². The van der Waals surface area contributed by atoms with Crippen LogP contribution in [0.15, 0.2) is 59.3 Å². The number of nitrogens with zero attached hydrogens (tertiary/aromatic N) is 3. The van der Waals surface area contributed by atoms with Crippen molar-refractivity contribution in [2.75, 3.05) is 5.73 Å². The number of aryl methyl sites for hydroxylation is 2. The molecule has 0 fully saturated rings. The van der Waals surface area contributed by atoms with E-state index in [1.165, 1.54) is 6.07 Å². The van der Waals surface area contributed by atoms with Crippen molar-refractivity contribution in [3.8, 4) is 0 Å². The highest BCUT2D eigenvalue weighted by Gasteiger charge is 2.33. The molecule has 35 heavy (non-hydrogen) atoms. The Morgan fingerprint density at radius 2 is 2.03 bits per heavy atom. The first-order valence-corrected chi connectivity index (χ1v) is 11.3. The molecule has 1 aromatic carbocycles. The van der Waals surface area contributed by atoms with Gasteiger partial charge in [0.2, 0.25) is 0 Å². The number of amides is 1. The van der Waals surface area contributed by atoms with E-state index in [0.29, 0.717) is 29.0 Å². The zero-order chi connectivity index (χ0) is 24.7. The van der Waals surface area contributed by atoms with Crippen LogP contribution in [0.1, 0.15) is 57.4 Å². The fraction of sp³-hybridized carbons (Fsp3) is 0.269. The van der Waals surface area contributed by atoms with E-state index in [1.54, 1.807) is 29.4 Å². The van der Waals surface area contributed by atoms with Gasteiger partial charge in [-0.3, -0.25) is 9.78 Å². The Morgan fingerprint density at radius 3 is 2.77 bits per heavy atom. The molecular formula is C26H23F3N4O2. The highest BCUT2D eigenvalue weighted by atomic mass is 19.4. The number of pyridine rings is 2. The van der Waals surface area contributed by atoms with Gasteiger partial charge in [-0.05, 0) is 67.8 Å². The third-order valence-corrected chi connectivity index (χ3v) is 6.43. The number of rotatable bonds is 4. The molecule has 1 aliphatic rings. The van der Waals surface area contributed by atoms with Crippen molar-refractivity contribution in [1.82, 2.24) is 14.9 Å². The molecule has 3 aromatic heterocycles. The lowest BCUT2D eigenvalue weighted by atomic mass is 9.91. The van der Waals surface area contributed by atoms with E-state index in [4.69, 9.17) is 10.2 Å². The normalized spacial score (nSPS) is 15.7. The quantitative estimate of drug-likeness (QED) is 0.396. The Hall–Kier alpha value is -3.88. The van der Waals surface area contributed by atoms with Crippen LogP contribution in [0.2, 0.25) is 0 Å². The zero-order valence-corrected chi connectivity index (χ0v) is 19.0. The number of hydrogen-bond donors (Lipinski definition) is 1. The summed E-state index contributed by atoms with van der Waals surface area (Å²) in [5.74, 6) is 1.01. The number of carbonyl (C=O) groups is 1. The average molecular weight is 480 g/mol. The summed E-state index contributed by atoms with van der Waals surface area (Å²) in [6.45, 7) is 1.91. The second kappa shape index (κ2) is 8.72. The minimum atomic E-state index is -4.48. The van der Waals surface area contributed by atoms with Gasteiger partial charge in [-0.15, -0.1) is 0 Å². The van der Waals surface area contributed by atoms with Gasteiger partial charge in [0.15, 0.2) is 0 Å². The molecule has 0 saturated carbocycles. The van der Waals surface area contributed by atoms with E-state index < -0.39 is 11.7 Å². The summed E-state index contributed by atoms with van der Waals surface area (Å²) in [5.41, 5.74) is 8.31. The molecule has 0 aliphatic heterocycles. The summed E-state index contributed by atoms with van der Waals surface area (Å²) in [5, 5.41) is 0.780. The molecule has 180 valence electrons. The maximum Gasteiger partial charge on any atom is 0.417 e. The fourth-order valence-electron chi connectivity index (χ4n) is 4.57. The molecule has 9 heteroatoms. The minimum absolute atomic E-state index is 0.0588. The third-order valence-electron chi connectivity index (χ3n) is 6.43. The Balaban J connectivity index is 1.53. The lowest BCUT2D eigenvalue weighted by molar-refractivity contribution is -0.137. The molecule has 6 nitrogen and oxygen atoms in total. The molecule has 0 bridgehead atoms. The van der Waals surface area contributed by atoms with Crippen LogP contribution in [0.5, 0.6) is 0 Å². The Kier molecular flexibility index (Phi) is 5.70. The molecule has 1 atom stereocenters. The zero-order valence-electron chi connectivity index (χ0n) is 19.0. The van der Waals surface area contributed by atoms with E-state index in [9.17, 15) is 18.0 Å². The monoisotopic (exact) mass is 480 g/mol. The van der Waals surface area contributed by atoms with Gasteiger partial charge < -0.3 is 15.1 Å². The average Bonchev–Trinajstić information content (AvgIpc) is 3.32. The first-order chi connectivity index (χ1) is 16.7. The van der Waals surface area contributed by atoms with Crippen molar-refractivity contribution in [2.45, 2.75) is 44.9 Å². The lowest BCUT2D eigenvalue weighted by Crippen LogP contribution is -2.36. The SMILES string of the molecule is Cc1cc2cc(C(=O)N(Cc3ccc(C(F)(F)F)cn3)[C@H]3CCCc4occc43)ccc2nc1N. The number of carbonyl (C=O) groups excluding carboxylic acids is 1. The second-order valence-electron chi connectivity index (χ2n) is 8.77. The van der Waals surface area contributed by atoms with Crippen LogP contribution in [0, 0.1) is 6.92 Å². The Labute approximate surface area is 199 Å². The van der Waals surface area contributed by atoms with Gasteiger partial charge in [0, 0.05) is 29.1 Å². The van der Waals surface area contributed by atoms with E-state index in [2.05, 4.69) is 9.97 Å².